The van der Waals surface area contributed by atoms with Gasteiger partial charge in [-0.1, -0.05) is 0 Å². The van der Waals surface area contributed by atoms with Crippen LogP contribution in [0.25, 0.3) is 11.0 Å². The third kappa shape index (κ3) is 2.21. The lowest BCUT2D eigenvalue weighted by Crippen LogP contribution is -2.31. The molecule has 1 aliphatic heterocycles. The van der Waals surface area contributed by atoms with Crippen LogP contribution in [-0.4, -0.2) is 34.6 Å². The van der Waals surface area contributed by atoms with Gasteiger partial charge in [-0.15, -0.1) is 0 Å². The number of hydrogen-bond acceptors (Lipinski definition) is 2. The average Bonchev–Trinajstić information content (AvgIpc) is 2.67. The van der Waals surface area contributed by atoms with Crippen molar-refractivity contribution in [2.24, 2.45) is 0 Å². The smallest absolute Gasteiger partial charge is 0.178 e. The van der Waals surface area contributed by atoms with Gasteiger partial charge in [-0.2, -0.15) is 0 Å². The maximum Gasteiger partial charge on any atom is 0.178 e. The van der Waals surface area contributed by atoms with Crippen molar-refractivity contribution in [3.63, 3.8) is 0 Å². The molecule has 3 rings (SSSR count). The average molecular weight is 279 g/mol. The molecule has 0 bridgehead atoms. The third-order valence-electron chi connectivity index (χ3n) is 4.05. The Morgan fingerprint density at radius 1 is 1.32 bits per heavy atom. The van der Waals surface area contributed by atoms with Gasteiger partial charge in [0.1, 0.15) is 5.82 Å². The third-order valence-corrected chi connectivity index (χ3v) is 4.35. The summed E-state index contributed by atoms with van der Waals surface area (Å²) in [6, 6.07) is 3.86. The molecule has 5 heteroatoms. The summed E-state index contributed by atoms with van der Waals surface area (Å²) in [6.07, 6.45) is 2.18. The van der Waals surface area contributed by atoms with Crippen molar-refractivity contribution in [2.45, 2.75) is 25.8 Å². The van der Waals surface area contributed by atoms with E-state index >= 15 is 0 Å². The van der Waals surface area contributed by atoms with Crippen LogP contribution in [0, 0.1) is 17.5 Å². The first-order chi connectivity index (χ1) is 9.06. The molecule has 0 radical (unpaired) electrons. The number of halogens is 1. The van der Waals surface area contributed by atoms with Crippen LogP contribution in [0.5, 0.6) is 0 Å². The van der Waals surface area contributed by atoms with Crippen LogP contribution < -0.4 is 0 Å². The number of H-pyrrole nitrogens is 1. The van der Waals surface area contributed by atoms with Crippen molar-refractivity contribution < 1.29 is 4.39 Å². The summed E-state index contributed by atoms with van der Waals surface area (Å²) in [5.41, 5.74) is 2.49. The highest BCUT2D eigenvalue weighted by atomic mass is 32.1. The molecular formula is C14H18FN3S. The van der Waals surface area contributed by atoms with E-state index in [-0.39, 0.29) is 5.82 Å². The van der Waals surface area contributed by atoms with Crippen molar-refractivity contribution in [3.8, 4) is 0 Å². The SMILES string of the molecule is Cc1cc2c(cc1F)[nH]c(=S)n2C1CCN(C)CC1. The predicted octanol–water partition coefficient (Wildman–Crippen LogP) is 3.41. The number of fused-ring (bicyclic) bond motifs is 1. The largest absolute Gasteiger partial charge is 0.330 e. The topological polar surface area (TPSA) is 24.0 Å². The molecule has 1 aromatic carbocycles. The first-order valence-electron chi connectivity index (χ1n) is 6.65. The second kappa shape index (κ2) is 4.72. The summed E-state index contributed by atoms with van der Waals surface area (Å²) in [7, 11) is 2.14. The quantitative estimate of drug-likeness (QED) is 0.809. The van der Waals surface area contributed by atoms with Gasteiger partial charge in [0.05, 0.1) is 11.0 Å². The molecular weight excluding hydrogens is 261 g/mol. The van der Waals surface area contributed by atoms with Gasteiger partial charge < -0.3 is 14.5 Å². The van der Waals surface area contributed by atoms with E-state index < -0.39 is 0 Å². The molecule has 1 fully saturated rings. The van der Waals surface area contributed by atoms with E-state index in [2.05, 4.69) is 21.5 Å². The van der Waals surface area contributed by atoms with E-state index in [1.54, 1.807) is 13.0 Å². The van der Waals surface area contributed by atoms with E-state index in [0.717, 1.165) is 37.0 Å². The zero-order valence-electron chi connectivity index (χ0n) is 11.2. The molecule has 19 heavy (non-hydrogen) atoms. The summed E-state index contributed by atoms with van der Waals surface area (Å²) in [6.45, 7) is 3.96. The lowest BCUT2D eigenvalue weighted by atomic mass is 10.0. The molecule has 1 N–H and O–H groups in total. The van der Waals surface area contributed by atoms with Gasteiger partial charge in [0.25, 0.3) is 0 Å². The van der Waals surface area contributed by atoms with E-state index in [4.69, 9.17) is 12.2 Å². The van der Waals surface area contributed by atoms with Crippen LogP contribution in [-0.2, 0) is 0 Å². The number of imidazole rings is 1. The number of nitrogens with zero attached hydrogens (tertiary/aromatic N) is 2. The van der Waals surface area contributed by atoms with Crippen LogP contribution in [0.4, 0.5) is 4.39 Å². The highest BCUT2D eigenvalue weighted by Gasteiger charge is 2.21. The molecule has 1 aromatic heterocycles. The number of likely N-dealkylation sites (tertiary alicyclic amines) is 1. The molecule has 0 atom stereocenters. The fourth-order valence-corrected chi connectivity index (χ4v) is 3.22. The number of aryl methyl sites for hydroxylation is 1. The number of nitrogens with one attached hydrogen (secondary N) is 1. The van der Waals surface area contributed by atoms with Crippen LogP contribution in [0.3, 0.4) is 0 Å². The van der Waals surface area contributed by atoms with Crippen LogP contribution >= 0.6 is 12.2 Å². The first-order valence-corrected chi connectivity index (χ1v) is 7.06. The number of hydrogen-bond donors (Lipinski definition) is 1. The van der Waals surface area contributed by atoms with Crippen molar-refractivity contribution in [1.82, 2.24) is 14.5 Å². The minimum absolute atomic E-state index is 0.181. The van der Waals surface area contributed by atoms with Gasteiger partial charge in [0.2, 0.25) is 0 Å². The molecule has 0 aliphatic carbocycles. The maximum absolute atomic E-state index is 13.6. The molecule has 0 amide bonds. The van der Waals surface area contributed by atoms with Crippen molar-refractivity contribution in [1.29, 1.82) is 0 Å². The normalized spacial score (nSPS) is 18.3. The Bertz CT molecular complexity index is 665. The molecule has 2 aromatic rings. The maximum atomic E-state index is 13.6. The molecule has 0 unspecified atom stereocenters. The van der Waals surface area contributed by atoms with Gasteiger partial charge in [0.15, 0.2) is 4.77 Å². The Kier molecular flexibility index (Phi) is 3.19. The number of aromatic amines is 1. The van der Waals surface area contributed by atoms with Gasteiger partial charge in [0, 0.05) is 6.04 Å². The molecule has 3 nitrogen and oxygen atoms in total. The molecule has 1 aliphatic rings. The summed E-state index contributed by atoms with van der Waals surface area (Å²) in [4.78, 5) is 5.46. The van der Waals surface area contributed by atoms with Crippen molar-refractivity contribution in [2.75, 3.05) is 20.1 Å². The predicted molar refractivity (Wildman–Crippen MR) is 77.6 cm³/mol. The Morgan fingerprint density at radius 3 is 2.68 bits per heavy atom. The van der Waals surface area contributed by atoms with E-state index in [1.807, 2.05) is 6.07 Å². The van der Waals surface area contributed by atoms with Crippen molar-refractivity contribution in [3.05, 3.63) is 28.3 Å². The van der Waals surface area contributed by atoms with E-state index in [0.29, 0.717) is 16.4 Å². The highest BCUT2D eigenvalue weighted by molar-refractivity contribution is 7.71. The molecule has 1 saturated heterocycles. The standard InChI is InChI=1S/C14H18FN3S/c1-9-7-13-12(8-11(9)15)16-14(19)18(13)10-3-5-17(2)6-4-10/h7-8,10H,3-6H2,1-2H3,(H,16,19). The lowest BCUT2D eigenvalue weighted by Gasteiger charge is -2.30. The molecule has 0 spiro atoms. The minimum atomic E-state index is -0.181. The molecule has 0 saturated carbocycles. The van der Waals surface area contributed by atoms with Crippen molar-refractivity contribution >= 4 is 23.3 Å². The Hall–Kier alpha value is -1.20. The van der Waals surface area contributed by atoms with Gasteiger partial charge in [-0.3, -0.25) is 0 Å². The Morgan fingerprint density at radius 2 is 2.00 bits per heavy atom. The van der Waals surface area contributed by atoms with E-state index in [9.17, 15) is 4.39 Å². The number of benzene rings is 1. The molecule has 102 valence electrons. The Balaban J connectivity index is 2.10. The summed E-state index contributed by atoms with van der Waals surface area (Å²) < 4.78 is 16.5. The zero-order valence-corrected chi connectivity index (χ0v) is 12.1. The minimum Gasteiger partial charge on any atom is -0.330 e. The second-order valence-corrected chi connectivity index (χ2v) is 5.84. The van der Waals surface area contributed by atoms with Crippen LogP contribution in [0.2, 0.25) is 0 Å². The first kappa shape index (κ1) is 12.8. The van der Waals surface area contributed by atoms with Gasteiger partial charge in [-0.25, -0.2) is 4.39 Å². The second-order valence-electron chi connectivity index (χ2n) is 5.45. The van der Waals surface area contributed by atoms with Gasteiger partial charge in [-0.05, 0) is 69.8 Å². The fraction of sp³-hybridized carbons (Fsp3) is 0.500. The number of aromatic nitrogens is 2. The lowest BCUT2D eigenvalue weighted by molar-refractivity contribution is 0.223. The summed E-state index contributed by atoms with van der Waals surface area (Å²) in [5.74, 6) is -0.181. The van der Waals surface area contributed by atoms with E-state index in [1.165, 1.54) is 0 Å². The van der Waals surface area contributed by atoms with Crippen LogP contribution in [0.15, 0.2) is 12.1 Å². The Labute approximate surface area is 117 Å². The fourth-order valence-electron chi connectivity index (χ4n) is 2.87. The number of piperidine rings is 1. The van der Waals surface area contributed by atoms with Gasteiger partial charge >= 0.3 is 0 Å². The monoisotopic (exact) mass is 279 g/mol. The highest BCUT2D eigenvalue weighted by Crippen LogP contribution is 2.28. The molecule has 2 heterocycles. The zero-order chi connectivity index (χ0) is 13.6. The summed E-state index contributed by atoms with van der Waals surface area (Å²) >= 11 is 5.42. The summed E-state index contributed by atoms with van der Waals surface area (Å²) in [5, 5.41) is 0. The number of rotatable bonds is 1. The van der Waals surface area contributed by atoms with Crippen LogP contribution in [0.1, 0.15) is 24.4 Å².